The Morgan fingerprint density at radius 3 is 0.529 bits per heavy atom. The number of rotatable bonds is 0. The molecular weight excluding hydrogens is 287 g/mol. The molecule has 3 heteroatoms. The van der Waals surface area contributed by atoms with Crippen molar-refractivity contribution in [1.29, 1.82) is 0 Å². The Kier molecular flexibility index (Phi) is 34.5. The zero-order valence-corrected chi connectivity index (χ0v) is 14.9. The molecule has 102 valence electrons. The summed E-state index contributed by atoms with van der Waals surface area (Å²) in [6.07, 6.45) is 15.0. The third-order valence-corrected chi connectivity index (χ3v) is 2.50. The molecule has 0 aromatic rings. The molecule has 2 aliphatic rings. The average Bonchev–Trinajstić information content (AvgIpc) is 3.00. The van der Waals surface area contributed by atoms with Gasteiger partial charge in [0.15, 0.2) is 0 Å². The van der Waals surface area contributed by atoms with Gasteiger partial charge < -0.3 is 10.6 Å². The Morgan fingerprint density at radius 2 is 0.471 bits per heavy atom. The van der Waals surface area contributed by atoms with Gasteiger partial charge in [0.05, 0.1) is 0 Å². The molecule has 0 spiro atoms. The molecule has 2 nitrogen and oxygen atoms in total. The summed E-state index contributed by atoms with van der Waals surface area (Å²) in [5.74, 6) is 0. The molecule has 0 bridgehead atoms. The molecule has 0 radical (unpaired) electrons. The van der Waals surface area contributed by atoms with Crippen LogP contribution in [0.3, 0.4) is 0 Å². The molecule has 17 heavy (non-hydrogen) atoms. The van der Waals surface area contributed by atoms with Gasteiger partial charge in [0.25, 0.3) is 0 Å². The van der Waals surface area contributed by atoms with E-state index in [1.807, 2.05) is 0 Å². The van der Waals surface area contributed by atoms with Gasteiger partial charge in [-0.25, -0.2) is 0 Å². The van der Waals surface area contributed by atoms with Gasteiger partial charge >= 0.3 is 26.2 Å². The van der Waals surface area contributed by atoms with Crippen molar-refractivity contribution in [3.63, 3.8) is 0 Å². The maximum absolute atomic E-state index is 3.50. The van der Waals surface area contributed by atoms with Gasteiger partial charge in [-0.1, -0.05) is 64.2 Å². The van der Waals surface area contributed by atoms with Crippen LogP contribution in [-0.2, 0) is 26.2 Å². The van der Waals surface area contributed by atoms with Crippen LogP contribution in [0.2, 0.25) is 0 Å². The largest absolute Gasteiger partial charge is 2.00 e. The molecular formula is C14H32N2Zr. The quantitative estimate of drug-likeness (QED) is 0.591. The summed E-state index contributed by atoms with van der Waals surface area (Å²) in [7, 11) is 7.00. The maximum Gasteiger partial charge on any atom is 2.00 e. The maximum atomic E-state index is 3.50. The third kappa shape index (κ3) is 31.5. The van der Waals surface area contributed by atoms with E-state index in [-0.39, 0.29) is 26.2 Å². The van der Waals surface area contributed by atoms with Gasteiger partial charge in [0.1, 0.15) is 0 Å². The Bertz CT molecular complexity index is 65.0. The van der Waals surface area contributed by atoms with Gasteiger partial charge in [-0.05, 0) is 0 Å². The zero-order valence-electron chi connectivity index (χ0n) is 12.5. The van der Waals surface area contributed by atoms with E-state index >= 15 is 0 Å². The number of nitrogens with zero attached hydrogens (tertiary/aromatic N) is 2. The third-order valence-electron chi connectivity index (χ3n) is 2.50. The van der Waals surface area contributed by atoms with Gasteiger partial charge in [-0.15, -0.1) is 0 Å². The monoisotopic (exact) mass is 318 g/mol. The summed E-state index contributed by atoms with van der Waals surface area (Å²) in [4.78, 5) is 0. The smallest absolute Gasteiger partial charge is 0.668 e. The predicted octanol–water partition coefficient (Wildman–Crippen LogP) is 5.14. The van der Waals surface area contributed by atoms with Crippen LogP contribution < -0.4 is 0 Å². The molecule has 0 amide bonds. The van der Waals surface area contributed by atoms with Crippen LogP contribution in [0.4, 0.5) is 0 Å². The molecule has 0 aromatic carbocycles. The van der Waals surface area contributed by atoms with Crippen molar-refractivity contribution in [3.05, 3.63) is 10.6 Å². The summed E-state index contributed by atoms with van der Waals surface area (Å²) >= 11 is 0. The number of hydrogen-bond donors (Lipinski definition) is 0. The van der Waals surface area contributed by atoms with E-state index in [4.69, 9.17) is 0 Å². The SMILES string of the molecule is C1CCCC1.C1CCCC1.C[N-]C.C[N-]C.[Zr+2]. The minimum Gasteiger partial charge on any atom is -0.668 e. The Labute approximate surface area is 129 Å². The van der Waals surface area contributed by atoms with Gasteiger partial charge in [0, 0.05) is 0 Å². The summed E-state index contributed by atoms with van der Waals surface area (Å²) in [6.45, 7) is 0. The van der Waals surface area contributed by atoms with Crippen LogP contribution in [0.15, 0.2) is 0 Å². The van der Waals surface area contributed by atoms with Gasteiger partial charge in [0.2, 0.25) is 0 Å². The second-order valence-corrected chi connectivity index (χ2v) is 4.43. The first kappa shape index (κ1) is 22.9. The molecule has 2 fully saturated rings. The fraction of sp³-hybridized carbons (Fsp3) is 1.00. The zero-order chi connectivity index (χ0) is 12.5. The fourth-order valence-electron chi connectivity index (χ4n) is 1.77. The topological polar surface area (TPSA) is 28.2 Å². The number of hydrogen-bond acceptors (Lipinski definition) is 0. The molecule has 0 aromatic heterocycles. The molecule has 0 heterocycles. The van der Waals surface area contributed by atoms with E-state index < -0.39 is 0 Å². The van der Waals surface area contributed by atoms with Gasteiger partial charge in [-0.2, -0.15) is 28.2 Å². The summed E-state index contributed by atoms with van der Waals surface area (Å²) in [5.41, 5.74) is 0. The first-order chi connectivity index (χ1) is 7.83. The van der Waals surface area contributed by atoms with Crippen molar-refractivity contribution >= 4 is 0 Å². The first-order valence-corrected chi connectivity index (χ1v) is 6.79. The van der Waals surface area contributed by atoms with Crippen molar-refractivity contribution in [2.24, 2.45) is 0 Å². The van der Waals surface area contributed by atoms with Crippen molar-refractivity contribution < 1.29 is 26.2 Å². The molecule has 0 atom stereocenters. The molecule has 0 aliphatic heterocycles. The Hall–Kier alpha value is 0.803. The molecule has 0 saturated heterocycles. The second kappa shape index (κ2) is 25.6. The van der Waals surface area contributed by atoms with E-state index in [1.54, 1.807) is 28.2 Å². The van der Waals surface area contributed by atoms with Crippen LogP contribution in [0.1, 0.15) is 64.2 Å². The summed E-state index contributed by atoms with van der Waals surface area (Å²) in [6, 6.07) is 0. The predicted molar refractivity (Wildman–Crippen MR) is 76.6 cm³/mol. The first-order valence-electron chi connectivity index (χ1n) is 6.79. The van der Waals surface area contributed by atoms with E-state index in [0.29, 0.717) is 0 Å². The van der Waals surface area contributed by atoms with E-state index in [9.17, 15) is 0 Å². The van der Waals surface area contributed by atoms with E-state index in [1.165, 1.54) is 64.2 Å². The van der Waals surface area contributed by atoms with E-state index in [2.05, 4.69) is 10.6 Å². The van der Waals surface area contributed by atoms with Crippen molar-refractivity contribution in [2.45, 2.75) is 64.2 Å². The second-order valence-electron chi connectivity index (χ2n) is 4.43. The van der Waals surface area contributed by atoms with Crippen molar-refractivity contribution in [2.75, 3.05) is 28.2 Å². The normalized spacial score (nSPS) is 16.2. The standard InChI is InChI=1S/2C5H10.2C2H6N.Zr/c2*1-2-4-5-3-1;2*1-3-2;/h2*1-5H2;2*1-2H3;/q;;2*-1;+2. The summed E-state index contributed by atoms with van der Waals surface area (Å²) in [5, 5.41) is 7.00. The van der Waals surface area contributed by atoms with Crippen molar-refractivity contribution in [1.82, 2.24) is 0 Å². The molecule has 0 N–H and O–H groups in total. The van der Waals surface area contributed by atoms with Crippen LogP contribution >= 0.6 is 0 Å². The van der Waals surface area contributed by atoms with E-state index in [0.717, 1.165) is 0 Å². The average molecular weight is 320 g/mol. The molecule has 2 rings (SSSR count). The minimum atomic E-state index is 0. The van der Waals surface area contributed by atoms with Crippen LogP contribution in [0.5, 0.6) is 0 Å². The fourth-order valence-corrected chi connectivity index (χ4v) is 1.77. The molecule has 0 unspecified atom stereocenters. The molecule has 2 saturated carbocycles. The summed E-state index contributed by atoms with van der Waals surface area (Å²) < 4.78 is 0. The Morgan fingerprint density at radius 1 is 0.412 bits per heavy atom. The van der Waals surface area contributed by atoms with Gasteiger partial charge in [-0.3, -0.25) is 0 Å². The van der Waals surface area contributed by atoms with Crippen LogP contribution in [0, 0.1) is 0 Å². The van der Waals surface area contributed by atoms with Crippen molar-refractivity contribution in [3.8, 4) is 0 Å². The molecule has 2 aliphatic carbocycles. The Balaban J connectivity index is -0.000000157. The van der Waals surface area contributed by atoms with Crippen LogP contribution in [-0.4, -0.2) is 28.2 Å². The van der Waals surface area contributed by atoms with Crippen LogP contribution in [0.25, 0.3) is 10.6 Å². The minimum absolute atomic E-state index is 0.